The van der Waals surface area contributed by atoms with Gasteiger partial charge in [0.1, 0.15) is 63.5 Å². The van der Waals surface area contributed by atoms with Gasteiger partial charge in [-0.05, 0) is 69.8 Å². The molecule has 0 saturated carbocycles. The van der Waals surface area contributed by atoms with Gasteiger partial charge in [0.15, 0.2) is 22.6 Å². The van der Waals surface area contributed by atoms with Gasteiger partial charge in [0.05, 0.1) is 12.4 Å². The van der Waals surface area contributed by atoms with E-state index in [1.807, 2.05) is 122 Å². The summed E-state index contributed by atoms with van der Waals surface area (Å²) in [5.41, 5.74) is 5.48. The van der Waals surface area contributed by atoms with Gasteiger partial charge in [-0.3, -0.25) is 55.7 Å². The van der Waals surface area contributed by atoms with Gasteiger partial charge < -0.3 is 29.4 Å². The number of benzene rings is 6. The van der Waals surface area contributed by atoms with Crippen LogP contribution in [0.15, 0.2) is 190 Å². The lowest BCUT2D eigenvalue weighted by molar-refractivity contribution is 0.306. The highest BCUT2D eigenvalue weighted by Crippen LogP contribution is 2.22. The molecule has 14 aromatic rings. The van der Waals surface area contributed by atoms with Crippen molar-refractivity contribution in [3.63, 3.8) is 0 Å². The highest BCUT2D eigenvalue weighted by atomic mass is 32.2. The summed E-state index contributed by atoms with van der Waals surface area (Å²) < 4.78 is 21.0. The molecular weight excluding hydrogens is 1300 g/mol. The minimum atomic E-state index is -0.393. The molecule has 0 radical (unpaired) electrons. The summed E-state index contributed by atoms with van der Waals surface area (Å²) in [4.78, 5) is 126. The fourth-order valence-corrected chi connectivity index (χ4v) is 11.8. The molecule has 26 nitrogen and oxygen atoms in total. The number of nitrogens with zero attached hydrogens (tertiary/aromatic N) is 12. The zero-order valence-electron chi connectivity index (χ0n) is 54.7. The largest absolute Gasteiger partial charge is 0.494 e. The third kappa shape index (κ3) is 16.7. The van der Waals surface area contributed by atoms with E-state index >= 15 is 0 Å². The Bertz CT molecular complexity index is 5730. The fraction of sp³-hybridized carbons (Fsp3) is 0.270. The zero-order valence-corrected chi connectivity index (χ0v) is 55.6. The lowest BCUT2D eigenvalue weighted by atomic mass is 10.1. The van der Waals surface area contributed by atoms with Crippen molar-refractivity contribution in [1.82, 2.24) is 76.4 Å². The van der Waals surface area contributed by atoms with Crippen molar-refractivity contribution in [3.8, 4) is 11.5 Å². The van der Waals surface area contributed by atoms with Gasteiger partial charge in [-0.1, -0.05) is 157 Å². The Balaban J connectivity index is 0.000000187. The topological polar surface area (TPSA) is 309 Å². The number of hydrogen-bond donors (Lipinski definition) is 4. The monoisotopic (exact) mass is 1390 g/mol. The number of nitrogens with one attached hydrogen (secondary N) is 4. The molecule has 0 aliphatic rings. The summed E-state index contributed by atoms with van der Waals surface area (Å²) in [6.45, 7) is 3.08. The van der Waals surface area contributed by atoms with E-state index in [0.29, 0.717) is 106 Å². The minimum absolute atomic E-state index is 0. The van der Waals surface area contributed by atoms with Crippen LogP contribution in [0.25, 0.3) is 55.4 Å². The lowest BCUT2D eigenvalue weighted by Crippen LogP contribution is -2.36. The molecule has 0 bridgehead atoms. The van der Waals surface area contributed by atoms with E-state index in [1.165, 1.54) is 57.4 Å². The number of hydrogen-bond acceptors (Lipinski definition) is 15. The van der Waals surface area contributed by atoms with Crippen molar-refractivity contribution in [3.05, 3.63) is 286 Å². The number of H-pyrrole nitrogens is 4. The first-order valence-corrected chi connectivity index (χ1v) is 32.0. The van der Waals surface area contributed by atoms with E-state index in [4.69, 9.17) is 9.47 Å². The smallest absolute Gasteiger partial charge is 0.332 e. The van der Waals surface area contributed by atoms with Crippen molar-refractivity contribution in [2.45, 2.75) is 74.0 Å². The Morgan fingerprint density at radius 2 is 0.663 bits per heavy atom. The molecule has 0 aliphatic heterocycles. The Hall–Kier alpha value is -11.9. The molecule has 8 aromatic heterocycles. The number of imidazole rings is 4. The maximum atomic E-state index is 12.3. The van der Waals surface area contributed by atoms with Crippen LogP contribution in [0.3, 0.4) is 0 Å². The van der Waals surface area contributed by atoms with Crippen molar-refractivity contribution in [1.29, 1.82) is 0 Å². The summed E-state index contributed by atoms with van der Waals surface area (Å²) >= 11 is 1.70. The van der Waals surface area contributed by atoms with Crippen LogP contribution in [0.4, 0.5) is 0 Å². The zero-order chi connectivity index (χ0) is 68.8. The molecule has 0 fully saturated rings. The highest BCUT2D eigenvalue weighted by Gasteiger charge is 2.18. The van der Waals surface area contributed by atoms with Crippen molar-refractivity contribution >= 4 is 67.2 Å². The maximum Gasteiger partial charge on any atom is 0.332 e. The van der Waals surface area contributed by atoms with Crippen molar-refractivity contribution in [2.75, 3.05) is 6.61 Å². The van der Waals surface area contributed by atoms with Crippen LogP contribution >= 0.6 is 11.8 Å². The standard InChI is InChI=1S/C21H20N4O3.C18H16N4O2.C16H18N4O3.C15H16N4O2S.4CH4/c1-24-19-18(20(26)25(2)21(24)27)22-17(23-19)12-14-8-10-16(11-9-14)28-13-15-6-4-3-5-7-15;1-21-16-15(17(23)22(2)18(21)24)19-14(20-16)10-11-7-8-12-5-3-4-6-13(12)9-11;1-4-23-11-7-5-10(6-8-11)9-12-17-13-14(18-12)19(2)16(22)20(3)15(13)21;1-18-13-12(14(20)19(2)15(18)21)16-11(17-13)9-22-8-10-6-4-3-5-7-10;;;;/h3-11H,12-13H2,1-2H3,(H,22,23);3-9H,10H2,1-2H3,(H,19,20);5-8H,4,9H2,1-3H3,(H,17,18);3-7H,8-9H2,1-2H3,(H,16,17);4*1H4. The van der Waals surface area contributed by atoms with Gasteiger partial charge >= 0.3 is 22.8 Å². The number of aryl methyl sites for hydroxylation is 4. The summed E-state index contributed by atoms with van der Waals surface area (Å²) in [6, 6.07) is 50.0. The Kier molecular flexibility index (Phi) is 25.1. The normalized spacial score (nSPS) is 10.7. The minimum Gasteiger partial charge on any atom is -0.494 e. The molecular formula is C74H86N16O10S. The number of aromatic amines is 4. The second kappa shape index (κ2) is 33.1. The molecule has 0 spiro atoms. The van der Waals surface area contributed by atoms with E-state index < -0.39 is 5.69 Å². The molecule has 0 saturated heterocycles. The van der Waals surface area contributed by atoms with E-state index in [9.17, 15) is 38.4 Å². The number of rotatable bonds is 15. The summed E-state index contributed by atoms with van der Waals surface area (Å²) in [6.07, 6.45) is 1.63. The number of fused-ring (bicyclic) bond motifs is 5. The van der Waals surface area contributed by atoms with Gasteiger partial charge in [0.2, 0.25) is 0 Å². The molecule has 101 heavy (non-hydrogen) atoms. The third-order valence-corrected chi connectivity index (χ3v) is 17.3. The second-order valence-corrected chi connectivity index (χ2v) is 24.0. The summed E-state index contributed by atoms with van der Waals surface area (Å²) in [5, 5.41) is 2.34. The number of thioether (sulfide) groups is 1. The van der Waals surface area contributed by atoms with Crippen LogP contribution in [0.5, 0.6) is 11.5 Å². The van der Waals surface area contributed by atoms with Gasteiger partial charge in [0.25, 0.3) is 22.2 Å². The van der Waals surface area contributed by atoms with Gasteiger partial charge in [0, 0.05) is 81.4 Å². The molecule has 0 amide bonds. The average Bonchev–Trinajstić information content (AvgIpc) is 1.69. The highest BCUT2D eigenvalue weighted by molar-refractivity contribution is 7.97. The molecule has 0 unspecified atom stereocenters. The van der Waals surface area contributed by atoms with Crippen LogP contribution in [0, 0.1) is 0 Å². The average molecular weight is 1390 g/mol. The van der Waals surface area contributed by atoms with Gasteiger partial charge in [-0.2, -0.15) is 0 Å². The van der Waals surface area contributed by atoms with Crippen LogP contribution in [0.1, 0.15) is 87.7 Å². The first kappa shape index (κ1) is 76.5. The molecule has 27 heteroatoms. The SMILES string of the molecule is C.C.C.C.CCOc1ccc(Cc2nc3c([nH]2)c(=O)n(C)c(=O)n3C)cc1.Cn1c(=O)c2[nH]c(CSCc3ccccc3)nc2n(C)c1=O.Cn1c(=O)c2[nH]c(Cc3ccc(OCc4ccccc4)cc3)nc2n(C)c1=O.Cn1c(=O)c2[nH]c(Cc3ccc4ccccc4c3)nc2n(C)c1=O. The molecule has 0 aliphatic carbocycles. The predicted molar refractivity (Wildman–Crippen MR) is 402 cm³/mol. The lowest BCUT2D eigenvalue weighted by Gasteiger charge is -2.07. The van der Waals surface area contributed by atoms with Crippen LogP contribution < -0.4 is 54.5 Å². The number of aromatic nitrogens is 16. The quantitative estimate of drug-likeness (QED) is 0.0746. The number of ether oxygens (including phenoxy) is 2. The van der Waals surface area contributed by atoms with E-state index in [-0.39, 0.29) is 69.0 Å². The second-order valence-electron chi connectivity index (χ2n) is 23.0. The first-order valence-electron chi connectivity index (χ1n) is 30.8. The van der Waals surface area contributed by atoms with Gasteiger partial charge in [-0.15, -0.1) is 11.8 Å². The van der Waals surface area contributed by atoms with E-state index in [1.54, 1.807) is 40.0 Å². The molecule has 6 aromatic carbocycles. The maximum absolute atomic E-state index is 12.3. The Labute approximate surface area is 584 Å². The van der Waals surface area contributed by atoms with Gasteiger partial charge in [-0.25, -0.2) is 39.1 Å². The van der Waals surface area contributed by atoms with E-state index in [2.05, 4.69) is 76.3 Å². The molecule has 8 heterocycles. The summed E-state index contributed by atoms with van der Waals surface area (Å²) in [7, 11) is 12.3. The molecule has 0 atom stereocenters. The molecule has 4 N–H and O–H groups in total. The summed E-state index contributed by atoms with van der Waals surface area (Å²) in [5.74, 6) is 5.77. The first-order chi connectivity index (χ1) is 46.6. The van der Waals surface area contributed by atoms with Crippen molar-refractivity contribution in [2.24, 2.45) is 56.4 Å². The molecule has 14 rings (SSSR count). The Morgan fingerprint density at radius 1 is 0.337 bits per heavy atom. The van der Waals surface area contributed by atoms with Crippen LogP contribution in [0.2, 0.25) is 0 Å². The Morgan fingerprint density at radius 3 is 1.06 bits per heavy atom. The van der Waals surface area contributed by atoms with Crippen LogP contribution in [-0.4, -0.2) is 83.0 Å². The third-order valence-electron chi connectivity index (χ3n) is 16.3. The predicted octanol–water partition coefficient (Wildman–Crippen LogP) is 8.72. The fourth-order valence-electron chi connectivity index (χ4n) is 10.9. The van der Waals surface area contributed by atoms with Crippen LogP contribution in [-0.2, 0) is 93.8 Å². The van der Waals surface area contributed by atoms with E-state index in [0.717, 1.165) is 63.2 Å². The van der Waals surface area contributed by atoms with Crippen molar-refractivity contribution < 1.29 is 9.47 Å². The molecule has 528 valence electrons.